The van der Waals surface area contributed by atoms with E-state index in [0.29, 0.717) is 12.1 Å². The molecule has 0 aliphatic carbocycles. The lowest BCUT2D eigenvalue weighted by atomic mass is 10.1. The Labute approximate surface area is 135 Å². The van der Waals surface area contributed by atoms with Crippen molar-refractivity contribution in [2.24, 2.45) is 4.99 Å². The van der Waals surface area contributed by atoms with Crippen molar-refractivity contribution in [3.8, 4) is 0 Å². The van der Waals surface area contributed by atoms with Gasteiger partial charge in [-0.15, -0.1) is 11.3 Å². The van der Waals surface area contributed by atoms with Gasteiger partial charge in [0.1, 0.15) is 5.82 Å². The Balaban J connectivity index is 1.89. The second-order valence-electron chi connectivity index (χ2n) is 5.03. The Hall–Kier alpha value is -1.88. The van der Waals surface area contributed by atoms with Gasteiger partial charge < -0.3 is 10.6 Å². The van der Waals surface area contributed by atoms with Gasteiger partial charge in [0.15, 0.2) is 5.96 Å². The zero-order valence-corrected chi connectivity index (χ0v) is 13.8. The van der Waals surface area contributed by atoms with Gasteiger partial charge in [-0.05, 0) is 48.9 Å². The van der Waals surface area contributed by atoms with Crippen molar-refractivity contribution in [2.75, 3.05) is 13.1 Å². The Morgan fingerprint density at radius 2 is 2.14 bits per heavy atom. The van der Waals surface area contributed by atoms with Gasteiger partial charge in [0, 0.05) is 18.0 Å². The predicted molar refractivity (Wildman–Crippen MR) is 92.0 cm³/mol. The van der Waals surface area contributed by atoms with Crippen LogP contribution in [0.4, 0.5) is 4.39 Å². The minimum atomic E-state index is -0.172. The molecule has 0 saturated carbocycles. The largest absolute Gasteiger partial charge is 0.357 e. The quantitative estimate of drug-likeness (QED) is 0.631. The minimum absolute atomic E-state index is 0.172. The van der Waals surface area contributed by atoms with E-state index in [4.69, 9.17) is 0 Å². The molecule has 0 radical (unpaired) electrons. The summed E-state index contributed by atoms with van der Waals surface area (Å²) in [5, 5.41) is 8.64. The predicted octanol–water partition coefficient (Wildman–Crippen LogP) is 3.49. The zero-order valence-electron chi connectivity index (χ0n) is 13.0. The summed E-state index contributed by atoms with van der Waals surface area (Å²) in [5.41, 5.74) is 1.66. The van der Waals surface area contributed by atoms with Crippen LogP contribution in [-0.4, -0.2) is 19.0 Å². The molecule has 3 nitrogen and oxygen atoms in total. The van der Waals surface area contributed by atoms with Crippen molar-refractivity contribution >= 4 is 17.3 Å². The first-order chi connectivity index (χ1) is 10.7. The maximum absolute atomic E-state index is 13.3. The third-order valence-corrected chi connectivity index (χ3v) is 4.17. The lowest BCUT2D eigenvalue weighted by Gasteiger charge is -2.11. The SMILES string of the molecule is CCNC(=NCc1ccc(F)c(C)c1)NCCc1cccs1. The molecule has 2 N–H and O–H groups in total. The fourth-order valence-corrected chi connectivity index (χ4v) is 2.79. The highest BCUT2D eigenvalue weighted by atomic mass is 32.1. The number of hydrogen-bond acceptors (Lipinski definition) is 2. The number of aliphatic imine (C=N–C) groups is 1. The number of hydrogen-bond donors (Lipinski definition) is 2. The van der Waals surface area contributed by atoms with Crippen LogP contribution in [0.1, 0.15) is 22.9 Å². The lowest BCUT2D eigenvalue weighted by Crippen LogP contribution is -2.38. The van der Waals surface area contributed by atoms with Crippen LogP contribution in [0.15, 0.2) is 40.7 Å². The Bertz CT molecular complexity index is 608. The van der Waals surface area contributed by atoms with Gasteiger partial charge in [-0.25, -0.2) is 9.38 Å². The number of halogens is 1. The van der Waals surface area contributed by atoms with Crippen LogP contribution in [0, 0.1) is 12.7 Å². The first kappa shape index (κ1) is 16.5. The van der Waals surface area contributed by atoms with Crippen LogP contribution in [0.2, 0.25) is 0 Å². The van der Waals surface area contributed by atoms with Crippen LogP contribution in [0.25, 0.3) is 0 Å². The first-order valence-electron chi connectivity index (χ1n) is 7.48. The summed E-state index contributed by atoms with van der Waals surface area (Å²) >= 11 is 1.77. The van der Waals surface area contributed by atoms with Crippen LogP contribution < -0.4 is 10.6 Å². The van der Waals surface area contributed by atoms with Crippen molar-refractivity contribution in [1.29, 1.82) is 0 Å². The van der Waals surface area contributed by atoms with Crippen LogP contribution in [0.5, 0.6) is 0 Å². The van der Waals surface area contributed by atoms with E-state index in [1.807, 2.05) is 13.0 Å². The summed E-state index contributed by atoms with van der Waals surface area (Å²) in [6, 6.07) is 9.32. The summed E-state index contributed by atoms with van der Waals surface area (Å²) in [6.07, 6.45) is 0.984. The summed E-state index contributed by atoms with van der Waals surface area (Å²) in [6.45, 7) is 6.00. The molecule has 5 heteroatoms. The molecule has 0 bridgehead atoms. The summed E-state index contributed by atoms with van der Waals surface area (Å²) in [5.74, 6) is 0.620. The summed E-state index contributed by atoms with van der Waals surface area (Å²) < 4.78 is 13.3. The van der Waals surface area contributed by atoms with E-state index >= 15 is 0 Å². The first-order valence-corrected chi connectivity index (χ1v) is 8.36. The molecule has 0 aliphatic heterocycles. The van der Waals surface area contributed by atoms with E-state index in [2.05, 4.69) is 33.1 Å². The van der Waals surface area contributed by atoms with E-state index in [1.165, 1.54) is 10.9 Å². The molecule has 0 unspecified atom stereocenters. The van der Waals surface area contributed by atoms with Gasteiger partial charge in [0.25, 0.3) is 0 Å². The number of thiophene rings is 1. The number of nitrogens with one attached hydrogen (secondary N) is 2. The molecule has 0 atom stereocenters. The molecule has 0 aliphatic rings. The average molecular weight is 319 g/mol. The van der Waals surface area contributed by atoms with E-state index in [1.54, 1.807) is 24.3 Å². The smallest absolute Gasteiger partial charge is 0.191 e. The molecular weight excluding hydrogens is 297 g/mol. The topological polar surface area (TPSA) is 36.4 Å². The van der Waals surface area contributed by atoms with Gasteiger partial charge in [0.05, 0.1) is 6.54 Å². The van der Waals surface area contributed by atoms with E-state index in [9.17, 15) is 4.39 Å². The normalized spacial score (nSPS) is 11.5. The number of guanidine groups is 1. The van der Waals surface area contributed by atoms with Crippen LogP contribution in [0.3, 0.4) is 0 Å². The Kier molecular flexibility index (Phi) is 6.40. The maximum atomic E-state index is 13.3. The molecule has 2 rings (SSSR count). The third kappa shape index (κ3) is 5.15. The fraction of sp³-hybridized carbons (Fsp3) is 0.353. The molecule has 0 spiro atoms. The van der Waals surface area contributed by atoms with Crippen LogP contribution in [-0.2, 0) is 13.0 Å². The Morgan fingerprint density at radius 3 is 2.82 bits per heavy atom. The van der Waals surface area contributed by atoms with Gasteiger partial charge in [-0.3, -0.25) is 0 Å². The highest BCUT2D eigenvalue weighted by molar-refractivity contribution is 7.09. The molecule has 22 heavy (non-hydrogen) atoms. The third-order valence-electron chi connectivity index (χ3n) is 3.23. The maximum Gasteiger partial charge on any atom is 0.191 e. The molecule has 118 valence electrons. The van der Waals surface area contributed by atoms with E-state index in [0.717, 1.165) is 31.0 Å². The van der Waals surface area contributed by atoms with Crippen LogP contribution >= 0.6 is 11.3 Å². The Morgan fingerprint density at radius 1 is 1.27 bits per heavy atom. The second-order valence-corrected chi connectivity index (χ2v) is 6.07. The molecule has 0 fully saturated rings. The van der Waals surface area contributed by atoms with Gasteiger partial charge in [-0.1, -0.05) is 18.2 Å². The monoisotopic (exact) mass is 319 g/mol. The number of aryl methyl sites for hydroxylation is 1. The summed E-state index contributed by atoms with van der Waals surface area (Å²) in [4.78, 5) is 5.91. The average Bonchev–Trinajstić information content (AvgIpc) is 3.01. The van der Waals surface area contributed by atoms with Crippen molar-refractivity contribution in [3.63, 3.8) is 0 Å². The van der Waals surface area contributed by atoms with Crippen molar-refractivity contribution < 1.29 is 4.39 Å². The van der Waals surface area contributed by atoms with Crippen molar-refractivity contribution in [1.82, 2.24) is 10.6 Å². The molecule has 0 saturated heterocycles. The molecular formula is C17H22FN3S. The fourth-order valence-electron chi connectivity index (χ4n) is 2.08. The van der Waals surface area contributed by atoms with Crippen molar-refractivity contribution in [2.45, 2.75) is 26.8 Å². The van der Waals surface area contributed by atoms with Gasteiger partial charge >= 0.3 is 0 Å². The number of nitrogens with zero attached hydrogens (tertiary/aromatic N) is 1. The molecule has 1 aromatic heterocycles. The van der Waals surface area contributed by atoms with Gasteiger partial charge in [-0.2, -0.15) is 0 Å². The molecule has 2 aromatic rings. The van der Waals surface area contributed by atoms with E-state index in [-0.39, 0.29) is 5.82 Å². The minimum Gasteiger partial charge on any atom is -0.357 e. The van der Waals surface area contributed by atoms with E-state index < -0.39 is 0 Å². The second kappa shape index (κ2) is 8.54. The molecule has 0 amide bonds. The zero-order chi connectivity index (χ0) is 15.8. The highest BCUT2D eigenvalue weighted by Crippen LogP contribution is 2.10. The molecule has 1 aromatic carbocycles. The number of rotatable bonds is 6. The highest BCUT2D eigenvalue weighted by Gasteiger charge is 2.01. The van der Waals surface area contributed by atoms with Crippen molar-refractivity contribution in [3.05, 3.63) is 57.5 Å². The number of benzene rings is 1. The standard InChI is InChI=1S/C17H22FN3S/c1-3-19-17(20-9-8-15-5-4-10-22-15)21-12-14-6-7-16(18)13(2)11-14/h4-7,10-11H,3,8-9,12H2,1-2H3,(H2,19,20,21). The lowest BCUT2D eigenvalue weighted by molar-refractivity contribution is 0.617. The van der Waals surface area contributed by atoms with Gasteiger partial charge in [0.2, 0.25) is 0 Å². The molecule has 1 heterocycles. The summed E-state index contributed by atoms with van der Waals surface area (Å²) in [7, 11) is 0.